The summed E-state index contributed by atoms with van der Waals surface area (Å²) in [5.41, 5.74) is 0.0324. The summed E-state index contributed by atoms with van der Waals surface area (Å²) in [5, 5.41) is 2.92. The Kier molecular flexibility index (Phi) is 1.13. The van der Waals surface area contributed by atoms with Gasteiger partial charge < -0.3 is 0 Å². The normalized spacial score (nSPS) is 31.8. The summed E-state index contributed by atoms with van der Waals surface area (Å²) < 4.78 is 0. The van der Waals surface area contributed by atoms with E-state index in [2.05, 4.69) is 11.4 Å². The predicted octanol–water partition coefficient (Wildman–Crippen LogP) is 0.514. The van der Waals surface area contributed by atoms with Crippen molar-refractivity contribution in [2.45, 2.75) is 5.50 Å². The van der Waals surface area contributed by atoms with E-state index in [9.17, 15) is 0 Å². The molecule has 0 saturated heterocycles. The summed E-state index contributed by atoms with van der Waals surface area (Å²) in [6.07, 6.45) is 4.71. The van der Waals surface area contributed by atoms with E-state index in [0.717, 1.165) is 6.54 Å². The number of rotatable bonds is 0. The first kappa shape index (κ1) is 4.16. The molecule has 1 atom stereocenters. The van der Waals surface area contributed by atoms with Gasteiger partial charge in [-0.2, -0.15) is 0 Å². The molecule has 0 bridgehead atoms. The second-order valence-corrected chi connectivity index (χ2v) is 1.62. The number of nitrogens with one attached hydrogen (secondary N) is 1. The maximum Gasteiger partial charge on any atom is 0.102 e. The molecule has 1 unspecified atom stereocenters. The van der Waals surface area contributed by atoms with Crippen molar-refractivity contribution in [2.75, 3.05) is 6.54 Å². The Hall–Kier alpha value is -0.0100. The monoisotopic (exact) mass is 102 g/mol. The van der Waals surface area contributed by atoms with Gasteiger partial charge in [0, 0.05) is 6.54 Å². The fraction of sp³-hybridized carbons (Fsp3) is 0.500. The Morgan fingerprint density at radius 3 is 3.00 bits per heavy atom. The zero-order valence-corrected chi connectivity index (χ0v) is 4.00. The SMILES string of the molecule is ClC1C=[C]CN1. The Balaban J connectivity index is 2.38. The van der Waals surface area contributed by atoms with Crippen molar-refractivity contribution in [1.29, 1.82) is 0 Å². The molecule has 1 aliphatic heterocycles. The quantitative estimate of drug-likeness (QED) is 0.347. The summed E-state index contributed by atoms with van der Waals surface area (Å²) in [4.78, 5) is 0. The largest absolute Gasteiger partial charge is 0.294 e. The van der Waals surface area contributed by atoms with Crippen LogP contribution < -0.4 is 5.32 Å². The molecular weight excluding hydrogens is 97.5 g/mol. The van der Waals surface area contributed by atoms with Gasteiger partial charge >= 0.3 is 0 Å². The summed E-state index contributed by atoms with van der Waals surface area (Å²) >= 11 is 5.48. The summed E-state index contributed by atoms with van der Waals surface area (Å²) in [6, 6.07) is 0. The van der Waals surface area contributed by atoms with E-state index in [1.54, 1.807) is 0 Å². The van der Waals surface area contributed by atoms with Crippen LogP contribution >= 0.6 is 11.6 Å². The molecule has 0 aromatic heterocycles. The van der Waals surface area contributed by atoms with Crippen molar-refractivity contribution < 1.29 is 0 Å². The maximum atomic E-state index is 5.48. The third kappa shape index (κ3) is 0.730. The number of hydrogen-bond acceptors (Lipinski definition) is 1. The lowest BCUT2D eigenvalue weighted by Gasteiger charge is -1.91. The van der Waals surface area contributed by atoms with Crippen molar-refractivity contribution in [2.24, 2.45) is 0 Å². The molecule has 0 amide bonds. The smallest absolute Gasteiger partial charge is 0.102 e. The first-order valence-electron chi connectivity index (χ1n) is 1.84. The molecule has 0 fully saturated rings. The third-order valence-electron chi connectivity index (χ3n) is 0.663. The lowest BCUT2D eigenvalue weighted by Crippen LogP contribution is -2.14. The molecular formula is C4H5ClN. The average molecular weight is 103 g/mol. The molecule has 1 aliphatic rings. The zero-order valence-electron chi connectivity index (χ0n) is 3.24. The molecule has 33 valence electrons. The van der Waals surface area contributed by atoms with Crippen LogP contribution in [-0.4, -0.2) is 12.0 Å². The highest BCUT2D eigenvalue weighted by atomic mass is 35.5. The first-order chi connectivity index (χ1) is 2.89. The fourth-order valence-electron chi connectivity index (χ4n) is 0.378. The standard InChI is InChI=1S/C4H5ClN/c5-4-2-1-3-6-4/h2,4,6H,3H2. The van der Waals surface area contributed by atoms with Gasteiger partial charge in [0.2, 0.25) is 0 Å². The van der Waals surface area contributed by atoms with Crippen molar-refractivity contribution in [3.8, 4) is 0 Å². The minimum atomic E-state index is 0.0324. The van der Waals surface area contributed by atoms with Crippen LogP contribution in [0.25, 0.3) is 0 Å². The van der Waals surface area contributed by atoms with E-state index in [1.165, 1.54) is 0 Å². The third-order valence-corrected chi connectivity index (χ3v) is 0.944. The van der Waals surface area contributed by atoms with Gasteiger partial charge in [0.1, 0.15) is 5.50 Å². The van der Waals surface area contributed by atoms with Gasteiger partial charge in [-0.05, 0) is 12.2 Å². The molecule has 0 saturated carbocycles. The molecule has 1 N–H and O–H groups in total. The molecule has 0 spiro atoms. The van der Waals surface area contributed by atoms with Crippen molar-refractivity contribution in [3.05, 3.63) is 12.2 Å². The minimum absolute atomic E-state index is 0.0324. The fourth-order valence-corrected chi connectivity index (χ4v) is 0.544. The molecule has 0 aromatic carbocycles. The van der Waals surface area contributed by atoms with E-state index in [1.807, 2.05) is 6.08 Å². The second kappa shape index (κ2) is 1.63. The van der Waals surface area contributed by atoms with Crippen LogP contribution in [0.15, 0.2) is 6.08 Å². The summed E-state index contributed by atoms with van der Waals surface area (Å²) in [6.45, 7) is 0.800. The van der Waals surface area contributed by atoms with Gasteiger partial charge in [-0.3, -0.25) is 5.32 Å². The Morgan fingerprint density at radius 2 is 2.83 bits per heavy atom. The van der Waals surface area contributed by atoms with Crippen molar-refractivity contribution in [1.82, 2.24) is 5.32 Å². The Morgan fingerprint density at radius 1 is 2.00 bits per heavy atom. The lowest BCUT2D eigenvalue weighted by molar-refractivity contribution is 0.835. The average Bonchev–Trinajstić information content (AvgIpc) is 1.86. The van der Waals surface area contributed by atoms with Gasteiger partial charge in [-0.25, -0.2) is 0 Å². The van der Waals surface area contributed by atoms with Gasteiger partial charge in [-0.15, -0.1) is 11.6 Å². The molecule has 1 radical (unpaired) electrons. The van der Waals surface area contributed by atoms with E-state index in [-0.39, 0.29) is 5.50 Å². The van der Waals surface area contributed by atoms with Crippen LogP contribution in [0.4, 0.5) is 0 Å². The van der Waals surface area contributed by atoms with Crippen LogP contribution in [0.3, 0.4) is 0 Å². The van der Waals surface area contributed by atoms with E-state index in [0.29, 0.717) is 0 Å². The number of alkyl halides is 1. The van der Waals surface area contributed by atoms with Gasteiger partial charge in [-0.1, -0.05) is 0 Å². The minimum Gasteiger partial charge on any atom is -0.294 e. The molecule has 1 nitrogen and oxygen atoms in total. The van der Waals surface area contributed by atoms with Crippen molar-refractivity contribution in [3.63, 3.8) is 0 Å². The molecule has 1 rings (SSSR count). The van der Waals surface area contributed by atoms with E-state index in [4.69, 9.17) is 11.6 Å². The molecule has 0 aliphatic carbocycles. The highest BCUT2D eigenvalue weighted by molar-refractivity contribution is 6.21. The molecule has 2 heteroatoms. The molecule has 0 aromatic rings. The van der Waals surface area contributed by atoms with Crippen LogP contribution in [0.5, 0.6) is 0 Å². The van der Waals surface area contributed by atoms with Gasteiger partial charge in [0.15, 0.2) is 0 Å². The zero-order chi connectivity index (χ0) is 4.41. The Labute approximate surface area is 42.0 Å². The Bertz CT molecular complexity index is 69.9. The van der Waals surface area contributed by atoms with Crippen LogP contribution in [0.2, 0.25) is 0 Å². The summed E-state index contributed by atoms with van der Waals surface area (Å²) in [7, 11) is 0. The number of hydrogen-bond donors (Lipinski definition) is 1. The highest BCUT2D eigenvalue weighted by Gasteiger charge is 1.99. The molecule has 6 heavy (non-hydrogen) atoms. The van der Waals surface area contributed by atoms with E-state index < -0.39 is 0 Å². The lowest BCUT2D eigenvalue weighted by atomic mass is 10.6. The predicted molar refractivity (Wildman–Crippen MR) is 25.5 cm³/mol. The van der Waals surface area contributed by atoms with Gasteiger partial charge in [0.05, 0.1) is 0 Å². The highest BCUT2D eigenvalue weighted by Crippen LogP contribution is 1.96. The first-order valence-corrected chi connectivity index (χ1v) is 2.27. The second-order valence-electron chi connectivity index (χ2n) is 1.15. The van der Waals surface area contributed by atoms with Crippen LogP contribution in [-0.2, 0) is 0 Å². The molecule has 1 heterocycles. The topological polar surface area (TPSA) is 12.0 Å². The van der Waals surface area contributed by atoms with Crippen molar-refractivity contribution >= 4 is 11.6 Å². The van der Waals surface area contributed by atoms with E-state index >= 15 is 0 Å². The van der Waals surface area contributed by atoms with Crippen LogP contribution in [0, 0.1) is 6.08 Å². The van der Waals surface area contributed by atoms with Gasteiger partial charge in [0.25, 0.3) is 0 Å². The van der Waals surface area contributed by atoms with Crippen LogP contribution in [0.1, 0.15) is 0 Å². The maximum absolute atomic E-state index is 5.48. The summed E-state index contributed by atoms with van der Waals surface area (Å²) in [5.74, 6) is 0. The number of halogens is 1.